The van der Waals surface area contributed by atoms with E-state index in [1.54, 1.807) is 0 Å². The van der Waals surface area contributed by atoms with Crippen LogP contribution in [-0.2, 0) is 5.41 Å². The molecule has 1 atom stereocenters. The number of nitrogens with zero attached hydrogens (tertiary/aromatic N) is 2. The van der Waals surface area contributed by atoms with Crippen molar-refractivity contribution in [3.8, 4) is 22.8 Å². The van der Waals surface area contributed by atoms with Gasteiger partial charge in [-0.2, -0.15) is 5.10 Å². The molecule has 1 aliphatic rings. The molecule has 3 N–H and O–H groups in total. The van der Waals surface area contributed by atoms with E-state index in [2.05, 4.69) is 37.4 Å². The molecule has 1 aromatic heterocycles. The van der Waals surface area contributed by atoms with Gasteiger partial charge in [-0.3, -0.25) is 0 Å². The Morgan fingerprint density at radius 2 is 1.68 bits per heavy atom. The molecule has 0 saturated heterocycles. The lowest BCUT2D eigenvalue weighted by molar-refractivity contribution is 0.421. The Bertz CT molecular complexity index is 1090. The largest absolute Gasteiger partial charge is 0.508 e. The van der Waals surface area contributed by atoms with Crippen LogP contribution >= 0.6 is 0 Å². The number of hydrogen-bond donors (Lipinski definition) is 3. The van der Waals surface area contributed by atoms with Crippen molar-refractivity contribution in [2.24, 2.45) is 0 Å². The molecule has 0 spiro atoms. The van der Waals surface area contributed by atoms with Gasteiger partial charge in [-0.15, -0.1) is 0 Å². The number of benzene rings is 2. The van der Waals surface area contributed by atoms with Crippen molar-refractivity contribution in [3.63, 3.8) is 0 Å². The van der Waals surface area contributed by atoms with Gasteiger partial charge in [-0.1, -0.05) is 32.4 Å². The topological polar surface area (TPSA) is 70.3 Å². The first-order chi connectivity index (χ1) is 13.1. The Hall–Kier alpha value is -2.95. The second-order valence-corrected chi connectivity index (χ2v) is 8.84. The molecule has 2 aromatic carbocycles. The number of fused-ring (bicyclic) bond motifs is 3. The maximum absolute atomic E-state index is 10.7. The molecule has 0 fully saturated rings. The van der Waals surface area contributed by atoms with Gasteiger partial charge in [0.05, 0.1) is 11.4 Å². The van der Waals surface area contributed by atoms with E-state index in [0.29, 0.717) is 5.56 Å². The molecule has 2 heterocycles. The summed E-state index contributed by atoms with van der Waals surface area (Å²) in [5.74, 6) is 0.156. The Morgan fingerprint density at radius 3 is 2.36 bits per heavy atom. The van der Waals surface area contributed by atoms with Crippen LogP contribution in [0, 0.1) is 20.8 Å². The molecule has 146 valence electrons. The van der Waals surface area contributed by atoms with E-state index in [4.69, 9.17) is 5.10 Å². The molecular weight excluding hydrogens is 350 g/mol. The standard InChI is InChI=1S/C23H27N3O2/c1-12-7-13(2)21-15(8-12)18-9-14(3)25-26(18)22(24-21)16-10-17(23(4,5)6)20(28)11-19(16)27/h7-11,22,24,27-28H,1-6H3/t22-/m1/s1. The van der Waals surface area contributed by atoms with Crippen molar-refractivity contribution >= 4 is 5.69 Å². The van der Waals surface area contributed by atoms with Crippen molar-refractivity contribution < 1.29 is 10.2 Å². The van der Waals surface area contributed by atoms with Gasteiger partial charge >= 0.3 is 0 Å². The normalized spacial score (nSPS) is 15.7. The number of rotatable bonds is 1. The number of anilines is 1. The van der Waals surface area contributed by atoms with E-state index in [-0.39, 0.29) is 23.1 Å². The third-order valence-electron chi connectivity index (χ3n) is 5.39. The summed E-state index contributed by atoms with van der Waals surface area (Å²) >= 11 is 0. The van der Waals surface area contributed by atoms with Crippen LogP contribution in [0.4, 0.5) is 5.69 Å². The maximum Gasteiger partial charge on any atom is 0.150 e. The average Bonchev–Trinajstić information content (AvgIpc) is 2.95. The summed E-state index contributed by atoms with van der Waals surface area (Å²) in [6.45, 7) is 12.3. The highest BCUT2D eigenvalue weighted by Gasteiger charge is 2.31. The third kappa shape index (κ3) is 2.82. The van der Waals surface area contributed by atoms with Crippen LogP contribution in [0.2, 0.25) is 0 Å². The molecule has 0 bridgehead atoms. The summed E-state index contributed by atoms with van der Waals surface area (Å²) in [6.07, 6.45) is -0.362. The van der Waals surface area contributed by atoms with Gasteiger partial charge in [0.2, 0.25) is 0 Å². The molecule has 3 aromatic rings. The molecule has 0 saturated carbocycles. The van der Waals surface area contributed by atoms with Crippen LogP contribution in [0.15, 0.2) is 30.3 Å². The van der Waals surface area contributed by atoms with E-state index in [1.807, 2.05) is 38.4 Å². The zero-order valence-corrected chi connectivity index (χ0v) is 17.3. The highest BCUT2D eigenvalue weighted by Crippen LogP contribution is 2.44. The lowest BCUT2D eigenvalue weighted by Crippen LogP contribution is -2.27. The predicted molar refractivity (Wildman–Crippen MR) is 112 cm³/mol. The van der Waals surface area contributed by atoms with Crippen molar-refractivity contribution in [2.45, 2.75) is 53.1 Å². The molecular formula is C23H27N3O2. The minimum Gasteiger partial charge on any atom is -0.508 e. The van der Waals surface area contributed by atoms with E-state index >= 15 is 0 Å². The summed E-state index contributed by atoms with van der Waals surface area (Å²) < 4.78 is 1.93. The number of phenolic OH excluding ortho intramolecular Hbond substituents is 2. The first-order valence-electron chi connectivity index (χ1n) is 9.57. The molecule has 28 heavy (non-hydrogen) atoms. The van der Waals surface area contributed by atoms with Crippen LogP contribution in [0.1, 0.15) is 54.9 Å². The molecule has 1 aliphatic heterocycles. The SMILES string of the molecule is Cc1cc(C)c2c(c1)-c1cc(C)nn1[C@H](c1cc(C(C)(C)C)c(O)cc1O)N2. The molecule has 5 nitrogen and oxygen atoms in total. The molecule has 4 rings (SSSR count). The molecule has 0 radical (unpaired) electrons. The number of hydrogen-bond acceptors (Lipinski definition) is 4. The van der Waals surface area contributed by atoms with Crippen LogP contribution in [-0.4, -0.2) is 20.0 Å². The average molecular weight is 377 g/mol. The molecule has 0 amide bonds. The Labute approximate surface area is 165 Å². The maximum atomic E-state index is 10.7. The van der Waals surface area contributed by atoms with Crippen molar-refractivity contribution in [1.29, 1.82) is 0 Å². The van der Waals surface area contributed by atoms with Gasteiger partial charge in [0.25, 0.3) is 0 Å². The van der Waals surface area contributed by atoms with Gasteiger partial charge in [0.15, 0.2) is 6.17 Å². The Balaban J connectivity index is 1.95. The van der Waals surface area contributed by atoms with Gasteiger partial charge < -0.3 is 15.5 Å². The van der Waals surface area contributed by atoms with E-state index in [0.717, 1.165) is 33.8 Å². The van der Waals surface area contributed by atoms with Crippen molar-refractivity contribution in [1.82, 2.24) is 9.78 Å². The van der Waals surface area contributed by atoms with Crippen LogP contribution < -0.4 is 5.32 Å². The van der Waals surface area contributed by atoms with Crippen molar-refractivity contribution in [3.05, 3.63) is 58.3 Å². The summed E-state index contributed by atoms with van der Waals surface area (Å²) in [5.41, 5.74) is 7.68. The number of aromatic nitrogens is 2. The fourth-order valence-corrected chi connectivity index (χ4v) is 4.10. The predicted octanol–water partition coefficient (Wildman–Crippen LogP) is 5.16. The summed E-state index contributed by atoms with van der Waals surface area (Å²) in [4.78, 5) is 0. The minimum atomic E-state index is -0.362. The first kappa shape index (κ1) is 18.4. The lowest BCUT2D eigenvalue weighted by atomic mass is 9.84. The summed E-state index contributed by atoms with van der Waals surface area (Å²) in [7, 11) is 0. The Kier molecular flexibility index (Phi) is 3.96. The van der Waals surface area contributed by atoms with Gasteiger partial charge in [0, 0.05) is 22.9 Å². The summed E-state index contributed by atoms with van der Waals surface area (Å²) in [6, 6.07) is 9.71. The zero-order chi connectivity index (χ0) is 20.4. The number of nitrogens with one attached hydrogen (secondary N) is 1. The molecule has 5 heteroatoms. The number of aromatic hydroxyl groups is 2. The zero-order valence-electron chi connectivity index (χ0n) is 17.3. The number of phenols is 2. The lowest BCUT2D eigenvalue weighted by Gasteiger charge is -2.32. The number of aryl methyl sites for hydroxylation is 3. The van der Waals surface area contributed by atoms with Crippen molar-refractivity contribution in [2.75, 3.05) is 5.32 Å². The monoisotopic (exact) mass is 377 g/mol. The molecule has 0 unspecified atom stereocenters. The second kappa shape index (κ2) is 6.03. The smallest absolute Gasteiger partial charge is 0.150 e. The van der Waals surface area contributed by atoms with Crippen LogP contribution in [0.3, 0.4) is 0 Å². The van der Waals surface area contributed by atoms with Gasteiger partial charge in [-0.05, 0) is 55.5 Å². The molecule has 0 aliphatic carbocycles. The summed E-state index contributed by atoms with van der Waals surface area (Å²) in [5, 5.41) is 29.3. The van der Waals surface area contributed by atoms with E-state index in [9.17, 15) is 10.2 Å². The van der Waals surface area contributed by atoms with E-state index in [1.165, 1.54) is 11.6 Å². The minimum absolute atomic E-state index is 0.0512. The first-order valence-corrected chi connectivity index (χ1v) is 9.57. The highest BCUT2D eigenvalue weighted by atomic mass is 16.3. The fraction of sp³-hybridized carbons (Fsp3) is 0.348. The third-order valence-corrected chi connectivity index (χ3v) is 5.39. The Morgan fingerprint density at radius 1 is 0.964 bits per heavy atom. The van der Waals surface area contributed by atoms with Crippen LogP contribution in [0.5, 0.6) is 11.5 Å². The fourth-order valence-electron chi connectivity index (χ4n) is 4.10. The van der Waals surface area contributed by atoms with Gasteiger partial charge in [-0.25, -0.2) is 4.68 Å². The van der Waals surface area contributed by atoms with Gasteiger partial charge in [0.1, 0.15) is 11.5 Å². The quantitative estimate of drug-likeness (QED) is 0.548. The van der Waals surface area contributed by atoms with E-state index < -0.39 is 0 Å². The highest BCUT2D eigenvalue weighted by molar-refractivity contribution is 5.82. The van der Waals surface area contributed by atoms with Crippen LogP contribution in [0.25, 0.3) is 11.3 Å². The second-order valence-electron chi connectivity index (χ2n) is 8.84.